The van der Waals surface area contributed by atoms with Crippen molar-refractivity contribution in [3.05, 3.63) is 41.2 Å². The highest BCUT2D eigenvalue weighted by molar-refractivity contribution is 7.89. The number of nitrogens with one attached hydrogen (secondary N) is 1. The molecule has 0 saturated heterocycles. The number of ether oxygens (including phenoxy) is 1. The highest BCUT2D eigenvalue weighted by Gasteiger charge is 2.33. The Balaban J connectivity index is 2.06. The van der Waals surface area contributed by atoms with Gasteiger partial charge in [0.2, 0.25) is 10.0 Å². The minimum absolute atomic E-state index is 0.0712. The molecule has 0 unspecified atom stereocenters. The second-order valence-corrected chi connectivity index (χ2v) is 6.83. The molecule has 1 heterocycles. The zero-order valence-corrected chi connectivity index (χ0v) is 13.9. The van der Waals surface area contributed by atoms with Crippen LogP contribution in [0.15, 0.2) is 35.4 Å². The zero-order valence-electron chi connectivity index (χ0n) is 12.3. The summed E-state index contributed by atoms with van der Waals surface area (Å²) < 4.78 is 70.1. The third-order valence-electron chi connectivity index (χ3n) is 2.98. The topological polar surface area (TPSA) is 73.2 Å². The Labute approximate surface area is 141 Å². The maximum atomic E-state index is 12.4. The molecular formula is C13H13ClF3N3O3S. The summed E-state index contributed by atoms with van der Waals surface area (Å²) in [5, 5.41) is 3.54. The van der Waals surface area contributed by atoms with Crippen LogP contribution in [0.2, 0.25) is 5.02 Å². The van der Waals surface area contributed by atoms with Gasteiger partial charge < -0.3 is 4.74 Å². The molecule has 6 nitrogen and oxygen atoms in total. The average Bonchev–Trinajstić information content (AvgIpc) is 2.96. The number of hydrogen-bond donors (Lipinski definition) is 1. The van der Waals surface area contributed by atoms with Crippen molar-refractivity contribution in [1.29, 1.82) is 0 Å². The molecule has 11 heteroatoms. The molecule has 1 aromatic heterocycles. The number of hydrogen-bond acceptors (Lipinski definition) is 4. The molecule has 1 N–H and O–H groups in total. The van der Waals surface area contributed by atoms with Crippen molar-refractivity contribution in [3.8, 4) is 5.75 Å². The fourth-order valence-electron chi connectivity index (χ4n) is 1.87. The van der Waals surface area contributed by atoms with Crippen LogP contribution in [0.25, 0.3) is 0 Å². The van der Waals surface area contributed by atoms with E-state index in [1.165, 1.54) is 25.3 Å². The lowest BCUT2D eigenvalue weighted by molar-refractivity contribution is -0.141. The molecule has 2 aromatic rings. The Morgan fingerprint density at radius 1 is 1.33 bits per heavy atom. The molecule has 0 spiro atoms. The summed E-state index contributed by atoms with van der Waals surface area (Å²) in [5.41, 5.74) is -1.04. The summed E-state index contributed by atoms with van der Waals surface area (Å²) in [5.74, 6) is 0.102. The van der Waals surface area contributed by atoms with Crippen molar-refractivity contribution in [1.82, 2.24) is 14.5 Å². The Hall–Kier alpha value is -1.78. The second-order valence-electron chi connectivity index (χ2n) is 4.65. The summed E-state index contributed by atoms with van der Waals surface area (Å²) in [4.78, 5) is -0.158. The van der Waals surface area contributed by atoms with Gasteiger partial charge in [-0.3, -0.25) is 4.68 Å². The van der Waals surface area contributed by atoms with E-state index >= 15 is 0 Å². The first-order valence-corrected chi connectivity index (χ1v) is 8.43. The summed E-state index contributed by atoms with van der Waals surface area (Å²) in [7, 11) is -2.63. The predicted octanol–water partition coefficient (Wildman–Crippen LogP) is 2.54. The summed E-state index contributed by atoms with van der Waals surface area (Å²) in [6, 6.07) is 4.91. The van der Waals surface area contributed by atoms with E-state index in [2.05, 4.69) is 9.82 Å². The summed E-state index contributed by atoms with van der Waals surface area (Å²) in [6.07, 6.45) is -3.42. The van der Waals surface area contributed by atoms with Crippen molar-refractivity contribution in [2.24, 2.45) is 0 Å². The van der Waals surface area contributed by atoms with Gasteiger partial charge in [0, 0.05) is 17.8 Å². The van der Waals surface area contributed by atoms with Crippen LogP contribution in [0.3, 0.4) is 0 Å². The van der Waals surface area contributed by atoms with Gasteiger partial charge in [-0.2, -0.15) is 18.3 Å². The maximum absolute atomic E-state index is 12.4. The smallest absolute Gasteiger partial charge is 0.435 e. The summed E-state index contributed by atoms with van der Waals surface area (Å²) >= 11 is 5.79. The van der Waals surface area contributed by atoms with Gasteiger partial charge in [-0.1, -0.05) is 11.6 Å². The van der Waals surface area contributed by atoms with Crippen LogP contribution in [0, 0.1) is 0 Å². The normalized spacial score (nSPS) is 12.4. The van der Waals surface area contributed by atoms with Gasteiger partial charge >= 0.3 is 6.18 Å². The lowest BCUT2D eigenvalue weighted by atomic mass is 10.3. The summed E-state index contributed by atoms with van der Waals surface area (Å²) in [6.45, 7) is -0.227. The molecule has 0 aliphatic heterocycles. The molecule has 0 radical (unpaired) electrons. The van der Waals surface area contributed by atoms with Gasteiger partial charge in [-0.25, -0.2) is 13.1 Å². The number of nitrogens with zero attached hydrogens (tertiary/aromatic N) is 2. The van der Waals surface area contributed by atoms with Crippen LogP contribution in [0.5, 0.6) is 5.75 Å². The Kier molecular flexibility index (Phi) is 5.41. The lowest BCUT2D eigenvalue weighted by Crippen LogP contribution is -2.28. The van der Waals surface area contributed by atoms with Gasteiger partial charge in [0.05, 0.1) is 13.7 Å². The monoisotopic (exact) mass is 383 g/mol. The molecule has 2 rings (SSSR count). The lowest BCUT2D eigenvalue weighted by Gasteiger charge is -2.11. The predicted molar refractivity (Wildman–Crippen MR) is 80.4 cm³/mol. The van der Waals surface area contributed by atoms with Crippen LogP contribution in [-0.4, -0.2) is 31.9 Å². The third-order valence-corrected chi connectivity index (χ3v) is 4.70. The molecule has 1 aromatic carbocycles. The first kappa shape index (κ1) is 18.6. The fourth-order valence-corrected chi connectivity index (χ4v) is 3.32. The van der Waals surface area contributed by atoms with Crippen molar-refractivity contribution in [2.45, 2.75) is 17.6 Å². The molecule has 132 valence electrons. The molecule has 0 fully saturated rings. The average molecular weight is 384 g/mol. The number of alkyl halides is 3. The van der Waals surface area contributed by atoms with Crippen LogP contribution < -0.4 is 9.46 Å². The van der Waals surface area contributed by atoms with E-state index in [-0.39, 0.29) is 28.8 Å². The van der Waals surface area contributed by atoms with Crippen molar-refractivity contribution < 1.29 is 26.3 Å². The minimum Gasteiger partial charge on any atom is -0.495 e. The molecule has 24 heavy (non-hydrogen) atoms. The standard InChI is InChI=1S/C13H13ClF3N3O3S/c1-23-10-3-2-9(14)8-11(10)24(21,22)18-5-7-20-6-4-12(19-20)13(15,16)17/h2-4,6,8,18H,5,7H2,1H3. The van der Waals surface area contributed by atoms with E-state index in [0.717, 1.165) is 16.9 Å². The van der Waals surface area contributed by atoms with E-state index in [9.17, 15) is 21.6 Å². The van der Waals surface area contributed by atoms with E-state index in [1.807, 2.05) is 0 Å². The minimum atomic E-state index is -4.54. The fraction of sp³-hybridized carbons (Fsp3) is 0.308. The highest BCUT2D eigenvalue weighted by atomic mass is 35.5. The SMILES string of the molecule is COc1ccc(Cl)cc1S(=O)(=O)NCCn1ccc(C(F)(F)F)n1. The first-order chi connectivity index (χ1) is 11.1. The molecular weight excluding hydrogens is 371 g/mol. The van der Waals surface area contributed by atoms with Crippen LogP contribution in [0.1, 0.15) is 5.69 Å². The van der Waals surface area contributed by atoms with E-state index in [0.29, 0.717) is 0 Å². The van der Waals surface area contributed by atoms with Gasteiger partial charge in [0.25, 0.3) is 0 Å². The number of methoxy groups -OCH3 is 1. The van der Waals surface area contributed by atoms with Crippen molar-refractivity contribution in [2.75, 3.05) is 13.7 Å². The second kappa shape index (κ2) is 6.99. The third kappa shape index (κ3) is 4.40. The number of aromatic nitrogens is 2. The number of halogens is 4. The molecule has 0 amide bonds. The molecule has 0 saturated carbocycles. The Bertz CT molecular complexity index is 821. The quantitative estimate of drug-likeness (QED) is 0.832. The number of benzene rings is 1. The number of sulfonamides is 1. The molecule has 0 bridgehead atoms. The van der Waals surface area contributed by atoms with Crippen molar-refractivity contribution >= 4 is 21.6 Å². The van der Waals surface area contributed by atoms with Crippen LogP contribution in [0.4, 0.5) is 13.2 Å². The van der Waals surface area contributed by atoms with Gasteiger partial charge in [-0.15, -0.1) is 0 Å². The van der Waals surface area contributed by atoms with Gasteiger partial charge in [0.1, 0.15) is 10.6 Å². The molecule has 0 aliphatic rings. The Morgan fingerprint density at radius 3 is 2.62 bits per heavy atom. The number of rotatable bonds is 6. The zero-order chi connectivity index (χ0) is 18.0. The Morgan fingerprint density at radius 2 is 2.04 bits per heavy atom. The van der Waals surface area contributed by atoms with E-state index in [1.54, 1.807) is 0 Å². The first-order valence-electron chi connectivity index (χ1n) is 6.57. The van der Waals surface area contributed by atoms with E-state index in [4.69, 9.17) is 16.3 Å². The van der Waals surface area contributed by atoms with E-state index < -0.39 is 21.9 Å². The maximum Gasteiger partial charge on any atom is 0.435 e. The van der Waals surface area contributed by atoms with Crippen LogP contribution in [-0.2, 0) is 22.7 Å². The largest absolute Gasteiger partial charge is 0.495 e. The van der Waals surface area contributed by atoms with Gasteiger partial charge in [0.15, 0.2) is 5.69 Å². The van der Waals surface area contributed by atoms with Gasteiger partial charge in [-0.05, 0) is 24.3 Å². The van der Waals surface area contributed by atoms with Crippen LogP contribution >= 0.6 is 11.6 Å². The molecule has 0 atom stereocenters. The highest BCUT2D eigenvalue weighted by Crippen LogP contribution is 2.28. The van der Waals surface area contributed by atoms with Crippen molar-refractivity contribution in [3.63, 3.8) is 0 Å². The molecule has 0 aliphatic carbocycles.